The van der Waals surface area contributed by atoms with Crippen LogP contribution in [0.4, 0.5) is 0 Å². The summed E-state index contributed by atoms with van der Waals surface area (Å²) in [7, 11) is 1.89. The molecule has 5 heteroatoms. The molecule has 0 radical (unpaired) electrons. The number of hydrogen-bond donors (Lipinski definition) is 1. The zero-order chi connectivity index (χ0) is 12.3. The Hall–Kier alpha value is -1.88. The van der Waals surface area contributed by atoms with Crippen molar-refractivity contribution < 1.29 is 4.74 Å². The van der Waals surface area contributed by atoms with Crippen LogP contribution >= 0.6 is 0 Å². The van der Waals surface area contributed by atoms with Crippen LogP contribution in [0.25, 0.3) is 0 Å². The lowest BCUT2D eigenvalue weighted by atomic mass is 10.1. The molecule has 0 aliphatic rings. The smallest absolute Gasteiger partial charge is 0.170 e. The van der Waals surface area contributed by atoms with Gasteiger partial charge in [-0.15, -0.1) is 10.2 Å². The second-order valence-corrected chi connectivity index (χ2v) is 4.01. The summed E-state index contributed by atoms with van der Waals surface area (Å²) in [6.07, 6.45) is 1.65. The molecule has 0 aliphatic heterocycles. The van der Waals surface area contributed by atoms with Gasteiger partial charge in [0.05, 0.1) is 0 Å². The molecule has 1 aromatic heterocycles. The van der Waals surface area contributed by atoms with Gasteiger partial charge in [0.1, 0.15) is 18.7 Å². The second kappa shape index (κ2) is 4.97. The Morgan fingerprint density at radius 1 is 1.47 bits per heavy atom. The molecule has 90 valence electrons. The Labute approximate surface area is 100 Å². The van der Waals surface area contributed by atoms with Crippen molar-refractivity contribution in [3.8, 4) is 5.75 Å². The lowest BCUT2D eigenvalue weighted by molar-refractivity contribution is 0.291. The quantitative estimate of drug-likeness (QED) is 0.865. The van der Waals surface area contributed by atoms with Crippen LogP contribution in [-0.4, -0.2) is 14.8 Å². The Morgan fingerprint density at radius 3 is 2.94 bits per heavy atom. The number of nitrogens with two attached hydrogens (primary N) is 1. The molecule has 0 unspecified atom stereocenters. The molecular weight excluding hydrogens is 216 g/mol. The predicted octanol–water partition coefficient (Wildman–Crippen LogP) is 1.41. The first-order valence-corrected chi connectivity index (χ1v) is 5.48. The number of hydrogen-bond acceptors (Lipinski definition) is 4. The minimum absolute atomic E-state index is 0.00776. The topological polar surface area (TPSA) is 66.0 Å². The molecule has 0 saturated carbocycles. The van der Waals surface area contributed by atoms with E-state index >= 15 is 0 Å². The maximum absolute atomic E-state index is 5.82. The van der Waals surface area contributed by atoms with E-state index in [1.807, 2.05) is 42.8 Å². The van der Waals surface area contributed by atoms with Crippen LogP contribution in [0, 0.1) is 0 Å². The maximum atomic E-state index is 5.82. The fraction of sp³-hybridized carbons (Fsp3) is 0.333. The molecule has 0 saturated heterocycles. The first-order valence-electron chi connectivity index (χ1n) is 5.48. The SMILES string of the molecule is C[C@@H](N)c1cccc(OCc2nncn2C)c1. The molecule has 1 atom stereocenters. The minimum atomic E-state index is 0.00776. The first kappa shape index (κ1) is 11.6. The van der Waals surface area contributed by atoms with E-state index < -0.39 is 0 Å². The number of rotatable bonds is 4. The van der Waals surface area contributed by atoms with Crippen molar-refractivity contribution in [1.29, 1.82) is 0 Å². The van der Waals surface area contributed by atoms with Crippen molar-refractivity contribution in [2.45, 2.75) is 19.6 Å². The van der Waals surface area contributed by atoms with Crippen LogP contribution in [0.2, 0.25) is 0 Å². The summed E-state index contributed by atoms with van der Waals surface area (Å²) < 4.78 is 7.47. The standard InChI is InChI=1S/C12H16N4O/c1-9(13)10-4-3-5-11(6-10)17-7-12-15-14-8-16(12)2/h3-6,8-9H,7,13H2,1-2H3/t9-/m1/s1. The van der Waals surface area contributed by atoms with E-state index in [9.17, 15) is 0 Å². The van der Waals surface area contributed by atoms with Gasteiger partial charge in [0, 0.05) is 13.1 Å². The number of benzene rings is 1. The molecule has 2 aromatic rings. The number of aromatic nitrogens is 3. The average molecular weight is 232 g/mol. The monoisotopic (exact) mass is 232 g/mol. The lowest BCUT2D eigenvalue weighted by Gasteiger charge is -2.09. The molecule has 0 amide bonds. The van der Waals surface area contributed by atoms with Crippen molar-refractivity contribution in [2.24, 2.45) is 12.8 Å². The van der Waals surface area contributed by atoms with Gasteiger partial charge in [0.2, 0.25) is 0 Å². The third-order valence-electron chi connectivity index (χ3n) is 2.56. The first-order chi connectivity index (χ1) is 8.16. The van der Waals surface area contributed by atoms with Crippen molar-refractivity contribution in [2.75, 3.05) is 0 Å². The van der Waals surface area contributed by atoms with E-state index in [4.69, 9.17) is 10.5 Å². The van der Waals surface area contributed by atoms with Crippen molar-refractivity contribution >= 4 is 0 Å². The third-order valence-corrected chi connectivity index (χ3v) is 2.56. The van der Waals surface area contributed by atoms with E-state index in [-0.39, 0.29) is 6.04 Å². The van der Waals surface area contributed by atoms with Crippen LogP contribution < -0.4 is 10.5 Å². The largest absolute Gasteiger partial charge is 0.486 e. The summed E-state index contributed by atoms with van der Waals surface area (Å²) in [4.78, 5) is 0. The predicted molar refractivity (Wildman–Crippen MR) is 64.4 cm³/mol. The van der Waals surface area contributed by atoms with Crippen LogP contribution in [0.15, 0.2) is 30.6 Å². The minimum Gasteiger partial charge on any atom is -0.486 e. The zero-order valence-electron chi connectivity index (χ0n) is 10.00. The highest BCUT2D eigenvalue weighted by Crippen LogP contribution is 2.18. The van der Waals surface area contributed by atoms with Crippen molar-refractivity contribution in [3.05, 3.63) is 42.0 Å². The molecular formula is C12H16N4O. The molecule has 0 bridgehead atoms. The summed E-state index contributed by atoms with van der Waals surface area (Å²) in [5.41, 5.74) is 6.87. The van der Waals surface area contributed by atoms with Crippen LogP contribution in [-0.2, 0) is 13.7 Å². The van der Waals surface area contributed by atoms with Gasteiger partial charge < -0.3 is 15.0 Å². The van der Waals surface area contributed by atoms with Gasteiger partial charge in [0.15, 0.2) is 5.82 Å². The van der Waals surface area contributed by atoms with Gasteiger partial charge >= 0.3 is 0 Å². The average Bonchev–Trinajstić information content (AvgIpc) is 2.72. The molecule has 1 heterocycles. The summed E-state index contributed by atoms with van der Waals surface area (Å²) in [6, 6.07) is 7.78. The molecule has 17 heavy (non-hydrogen) atoms. The summed E-state index contributed by atoms with van der Waals surface area (Å²) in [6.45, 7) is 2.35. The van der Waals surface area contributed by atoms with E-state index in [0.29, 0.717) is 6.61 Å². The Morgan fingerprint density at radius 2 is 2.29 bits per heavy atom. The molecule has 1 aromatic carbocycles. The van der Waals surface area contributed by atoms with Gasteiger partial charge in [-0.05, 0) is 24.6 Å². The molecule has 0 aliphatic carbocycles. The summed E-state index contributed by atoms with van der Waals surface area (Å²) >= 11 is 0. The Balaban J connectivity index is 2.04. The Kier molecular flexibility index (Phi) is 3.39. The summed E-state index contributed by atoms with van der Waals surface area (Å²) in [5, 5.41) is 7.74. The number of aryl methyl sites for hydroxylation is 1. The lowest BCUT2D eigenvalue weighted by Crippen LogP contribution is -2.06. The van der Waals surface area contributed by atoms with Crippen molar-refractivity contribution in [1.82, 2.24) is 14.8 Å². The molecule has 0 spiro atoms. The maximum Gasteiger partial charge on any atom is 0.170 e. The van der Waals surface area contributed by atoms with E-state index in [0.717, 1.165) is 17.1 Å². The number of nitrogens with zero attached hydrogens (tertiary/aromatic N) is 3. The van der Waals surface area contributed by atoms with Gasteiger partial charge in [-0.25, -0.2) is 0 Å². The Bertz CT molecular complexity index is 493. The van der Waals surface area contributed by atoms with Gasteiger partial charge in [-0.2, -0.15) is 0 Å². The second-order valence-electron chi connectivity index (χ2n) is 4.01. The fourth-order valence-electron chi connectivity index (χ4n) is 1.47. The van der Waals surface area contributed by atoms with Crippen LogP contribution in [0.3, 0.4) is 0 Å². The molecule has 2 N–H and O–H groups in total. The number of ether oxygens (including phenoxy) is 1. The normalized spacial score (nSPS) is 12.4. The van der Waals surface area contributed by atoms with E-state index in [1.165, 1.54) is 0 Å². The molecule has 0 fully saturated rings. The van der Waals surface area contributed by atoms with E-state index in [1.54, 1.807) is 6.33 Å². The van der Waals surface area contributed by atoms with Gasteiger partial charge in [-0.3, -0.25) is 0 Å². The van der Waals surface area contributed by atoms with Gasteiger partial charge in [-0.1, -0.05) is 12.1 Å². The van der Waals surface area contributed by atoms with Crippen LogP contribution in [0.1, 0.15) is 24.4 Å². The third kappa shape index (κ3) is 2.82. The fourth-order valence-corrected chi connectivity index (χ4v) is 1.47. The highest BCUT2D eigenvalue weighted by Gasteiger charge is 2.04. The van der Waals surface area contributed by atoms with Crippen LogP contribution in [0.5, 0.6) is 5.75 Å². The molecule has 5 nitrogen and oxygen atoms in total. The van der Waals surface area contributed by atoms with E-state index in [2.05, 4.69) is 10.2 Å². The highest BCUT2D eigenvalue weighted by atomic mass is 16.5. The molecule has 2 rings (SSSR count). The van der Waals surface area contributed by atoms with Gasteiger partial charge in [0.25, 0.3) is 0 Å². The summed E-state index contributed by atoms with van der Waals surface area (Å²) in [5.74, 6) is 1.58. The van der Waals surface area contributed by atoms with Crippen molar-refractivity contribution in [3.63, 3.8) is 0 Å². The highest BCUT2D eigenvalue weighted by molar-refractivity contribution is 5.30. The zero-order valence-corrected chi connectivity index (χ0v) is 10.00.